The number of hydrogen-bond acceptors (Lipinski definition) is 4. The van der Waals surface area contributed by atoms with E-state index in [1.807, 2.05) is 13.8 Å². The summed E-state index contributed by atoms with van der Waals surface area (Å²) in [5.41, 5.74) is -0.688. The molecule has 1 saturated carbocycles. The fraction of sp³-hybridized carbons (Fsp3) is 0.625. The van der Waals surface area contributed by atoms with Crippen LogP contribution in [0, 0.1) is 0 Å². The van der Waals surface area contributed by atoms with Gasteiger partial charge in [0.15, 0.2) is 5.76 Å². The Kier molecular flexibility index (Phi) is 3.51. The van der Waals surface area contributed by atoms with Crippen molar-refractivity contribution in [2.45, 2.75) is 50.7 Å². The fourth-order valence-electron chi connectivity index (χ4n) is 3.65. The zero-order chi connectivity index (χ0) is 16.0. The molecule has 1 saturated heterocycles. The molecular weight excluding hydrogens is 286 g/mol. The van der Waals surface area contributed by atoms with Crippen molar-refractivity contribution >= 4 is 11.9 Å². The molecule has 2 aliphatic rings. The van der Waals surface area contributed by atoms with Crippen molar-refractivity contribution in [1.82, 2.24) is 4.90 Å². The Morgan fingerprint density at radius 1 is 1.23 bits per heavy atom. The van der Waals surface area contributed by atoms with Crippen molar-refractivity contribution in [1.29, 1.82) is 0 Å². The van der Waals surface area contributed by atoms with Gasteiger partial charge in [0.05, 0.1) is 23.3 Å². The second-order valence-electron chi connectivity index (χ2n) is 6.92. The van der Waals surface area contributed by atoms with E-state index in [1.54, 1.807) is 4.90 Å². The average Bonchev–Trinajstić information content (AvgIpc) is 3.05. The molecule has 6 heteroatoms. The van der Waals surface area contributed by atoms with E-state index in [9.17, 15) is 9.59 Å². The summed E-state index contributed by atoms with van der Waals surface area (Å²) < 4.78 is 11.4. The molecule has 2 fully saturated rings. The Hall–Kier alpha value is -1.82. The molecule has 0 radical (unpaired) electrons. The monoisotopic (exact) mass is 307 g/mol. The highest BCUT2D eigenvalue weighted by Gasteiger charge is 2.47. The minimum atomic E-state index is -1.10. The van der Waals surface area contributed by atoms with Gasteiger partial charge in [-0.05, 0) is 26.7 Å². The standard InChI is InChI=1S/C16H21NO5/c1-15(2)9-17(10-16(22-15)5-3-4-6-16)13(18)12-7-11(8-21-12)14(19)20/h7-8H,3-6,9-10H2,1-2H3,(H,19,20). The third kappa shape index (κ3) is 2.75. The van der Waals surface area contributed by atoms with E-state index in [0.29, 0.717) is 13.1 Å². The van der Waals surface area contributed by atoms with Gasteiger partial charge in [0, 0.05) is 12.6 Å². The van der Waals surface area contributed by atoms with Crippen molar-refractivity contribution in [2.24, 2.45) is 0 Å². The van der Waals surface area contributed by atoms with Gasteiger partial charge in [-0.25, -0.2) is 4.79 Å². The van der Waals surface area contributed by atoms with E-state index < -0.39 is 11.6 Å². The van der Waals surface area contributed by atoms with Gasteiger partial charge in [-0.15, -0.1) is 0 Å². The van der Waals surface area contributed by atoms with Crippen molar-refractivity contribution in [3.8, 4) is 0 Å². The van der Waals surface area contributed by atoms with Crippen molar-refractivity contribution in [3.05, 3.63) is 23.7 Å². The molecule has 22 heavy (non-hydrogen) atoms. The molecule has 1 amide bonds. The van der Waals surface area contributed by atoms with Gasteiger partial charge >= 0.3 is 5.97 Å². The quantitative estimate of drug-likeness (QED) is 0.908. The predicted molar refractivity (Wildman–Crippen MR) is 77.9 cm³/mol. The number of carboxylic acids is 1. The van der Waals surface area contributed by atoms with Crippen LogP contribution in [0.5, 0.6) is 0 Å². The van der Waals surface area contributed by atoms with Gasteiger partial charge < -0.3 is 19.2 Å². The highest BCUT2D eigenvalue weighted by atomic mass is 16.5. The summed E-state index contributed by atoms with van der Waals surface area (Å²) in [6.45, 7) is 4.98. The van der Waals surface area contributed by atoms with E-state index in [4.69, 9.17) is 14.3 Å². The molecule has 1 aromatic rings. The molecular formula is C16H21NO5. The summed E-state index contributed by atoms with van der Waals surface area (Å²) in [5.74, 6) is -1.30. The average molecular weight is 307 g/mol. The second-order valence-corrected chi connectivity index (χ2v) is 6.92. The maximum atomic E-state index is 12.6. The number of hydrogen-bond donors (Lipinski definition) is 1. The molecule has 120 valence electrons. The molecule has 1 aliphatic heterocycles. The SMILES string of the molecule is CC1(C)CN(C(=O)c2cc(C(=O)O)co2)CC2(CCCC2)O1. The summed E-state index contributed by atoms with van der Waals surface area (Å²) in [6, 6.07) is 1.29. The van der Waals surface area contributed by atoms with Crippen LogP contribution in [0.4, 0.5) is 0 Å². The minimum Gasteiger partial charge on any atom is -0.478 e. The van der Waals surface area contributed by atoms with Crippen LogP contribution in [-0.4, -0.2) is 46.2 Å². The van der Waals surface area contributed by atoms with Crippen LogP contribution in [0.25, 0.3) is 0 Å². The lowest BCUT2D eigenvalue weighted by Gasteiger charge is -2.48. The predicted octanol–water partition coefficient (Wildman–Crippen LogP) is 2.54. The lowest BCUT2D eigenvalue weighted by molar-refractivity contribution is -0.185. The van der Waals surface area contributed by atoms with Gasteiger partial charge in [0.1, 0.15) is 6.26 Å². The molecule has 1 aromatic heterocycles. The number of amides is 1. The highest BCUT2D eigenvalue weighted by molar-refractivity contribution is 5.95. The van der Waals surface area contributed by atoms with Crippen LogP contribution in [0.15, 0.2) is 16.7 Å². The maximum Gasteiger partial charge on any atom is 0.338 e. The number of nitrogens with zero attached hydrogens (tertiary/aromatic N) is 1. The first-order valence-electron chi connectivity index (χ1n) is 7.62. The molecule has 1 spiro atoms. The lowest BCUT2D eigenvalue weighted by Crippen LogP contribution is -2.59. The Morgan fingerprint density at radius 3 is 2.50 bits per heavy atom. The van der Waals surface area contributed by atoms with Crippen LogP contribution in [0.2, 0.25) is 0 Å². The third-order valence-corrected chi connectivity index (χ3v) is 4.40. The smallest absolute Gasteiger partial charge is 0.338 e. The summed E-state index contributed by atoms with van der Waals surface area (Å²) in [7, 11) is 0. The van der Waals surface area contributed by atoms with Gasteiger partial charge in [-0.1, -0.05) is 12.8 Å². The van der Waals surface area contributed by atoms with Crippen LogP contribution in [-0.2, 0) is 4.74 Å². The zero-order valence-electron chi connectivity index (χ0n) is 12.9. The van der Waals surface area contributed by atoms with Crippen LogP contribution in [0.1, 0.15) is 60.4 Å². The van der Waals surface area contributed by atoms with Gasteiger partial charge in [-0.2, -0.15) is 0 Å². The number of carbonyl (C=O) groups is 2. The second kappa shape index (κ2) is 5.12. The first-order valence-corrected chi connectivity index (χ1v) is 7.62. The number of aromatic carboxylic acids is 1. The topological polar surface area (TPSA) is 80.0 Å². The van der Waals surface area contributed by atoms with Gasteiger partial charge in [0.2, 0.25) is 0 Å². The molecule has 1 aliphatic carbocycles. The van der Waals surface area contributed by atoms with Crippen molar-refractivity contribution in [3.63, 3.8) is 0 Å². The van der Waals surface area contributed by atoms with Gasteiger partial charge in [-0.3, -0.25) is 4.79 Å². The highest BCUT2D eigenvalue weighted by Crippen LogP contribution is 2.41. The molecule has 1 N–H and O–H groups in total. The first-order chi connectivity index (χ1) is 10.3. The number of furan rings is 1. The Bertz CT molecular complexity index is 597. The Labute approximate surface area is 129 Å². The Morgan fingerprint density at radius 2 is 1.91 bits per heavy atom. The van der Waals surface area contributed by atoms with Crippen molar-refractivity contribution < 1.29 is 23.8 Å². The molecule has 0 unspecified atom stereocenters. The van der Waals surface area contributed by atoms with E-state index in [2.05, 4.69) is 0 Å². The number of ether oxygens (including phenoxy) is 1. The third-order valence-electron chi connectivity index (χ3n) is 4.40. The van der Waals surface area contributed by atoms with E-state index >= 15 is 0 Å². The molecule has 6 nitrogen and oxygen atoms in total. The van der Waals surface area contributed by atoms with E-state index in [0.717, 1.165) is 31.9 Å². The molecule has 0 bridgehead atoms. The number of carboxylic acid groups (broad SMARTS) is 1. The molecule has 3 rings (SSSR count). The summed E-state index contributed by atoms with van der Waals surface area (Å²) in [5, 5.41) is 8.94. The summed E-state index contributed by atoms with van der Waals surface area (Å²) in [4.78, 5) is 25.3. The maximum absolute atomic E-state index is 12.6. The van der Waals surface area contributed by atoms with Crippen LogP contribution < -0.4 is 0 Å². The van der Waals surface area contributed by atoms with Crippen molar-refractivity contribution in [2.75, 3.05) is 13.1 Å². The molecule has 0 aromatic carbocycles. The Balaban J connectivity index is 1.82. The fourth-order valence-corrected chi connectivity index (χ4v) is 3.65. The number of morpholine rings is 1. The lowest BCUT2D eigenvalue weighted by atomic mass is 9.94. The molecule has 0 atom stereocenters. The largest absolute Gasteiger partial charge is 0.478 e. The number of carbonyl (C=O) groups excluding carboxylic acids is 1. The molecule has 2 heterocycles. The summed E-state index contributed by atoms with van der Waals surface area (Å²) >= 11 is 0. The first kappa shape index (κ1) is 15.1. The zero-order valence-corrected chi connectivity index (χ0v) is 12.9. The summed E-state index contributed by atoms with van der Waals surface area (Å²) in [6.07, 6.45) is 5.24. The normalized spacial score (nSPS) is 22.9. The van der Waals surface area contributed by atoms with E-state index in [-0.39, 0.29) is 22.8 Å². The number of rotatable bonds is 2. The van der Waals surface area contributed by atoms with Gasteiger partial charge in [0.25, 0.3) is 5.91 Å². The van der Waals surface area contributed by atoms with E-state index in [1.165, 1.54) is 6.07 Å². The van der Waals surface area contributed by atoms with Crippen LogP contribution in [0.3, 0.4) is 0 Å². The minimum absolute atomic E-state index is 0.00792. The van der Waals surface area contributed by atoms with Crippen LogP contribution >= 0.6 is 0 Å².